The maximum absolute atomic E-state index is 12.8. The first-order valence-electron chi connectivity index (χ1n) is 7.81. The Morgan fingerprint density at radius 1 is 1.13 bits per heavy atom. The molecule has 1 aliphatic rings. The predicted octanol–water partition coefficient (Wildman–Crippen LogP) is 1.71. The Kier molecular flexibility index (Phi) is 4.63. The van der Waals surface area contributed by atoms with E-state index < -0.39 is 0 Å². The van der Waals surface area contributed by atoms with Crippen LogP contribution in [0.4, 0.5) is 0 Å². The lowest BCUT2D eigenvalue weighted by Crippen LogP contribution is -2.52. The monoisotopic (exact) mass is 331 g/mol. The summed E-state index contributed by atoms with van der Waals surface area (Å²) in [4.78, 5) is 29.2. The van der Waals surface area contributed by atoms with Crippen molar-refractivity contribution in [2.75, 3.05) is 39.8 Å². The second-order valence-electron chi connectivity index (χ2n) is 5.76. The van der Waals surface area contributed by atoms with Gasteiger partial charge in [0, 0.05) is 30.9 Å². The minimum Gasteiger partial charge on any atom is -0.338 e. The number of nitrogens with one attached hydrogen (secondary N) is 1. The van der Waals surface area contributed by atoms with E-state index in [1.165, 1.54) is 0 Å². The fourth-order valence-corrected chi connectivity index (χ4v) is 4.12. The molecule has 1 aromatic heterocycles. The highest BCUT2D eigenvalue weighted by Crippen LogP contribution is 2.31. The van der Waals surface area contributed by atoms with Crippen molar-refractivity contribution in [3.63, 3.8) is 0 Å². The molecule has 0 radical (unpaired) electrons. The van der Waals surface area contributed by atoms with Gasteiger partial charge in [-0.1, -0.05) is 18.2 Å². The van der Waals surface area contributed by atoms with Crippen molar-refractivity contribution in [2.45, 2.75) is 6.92 Å². The van der Waals surface area contributed by atoms with Crippen LogP contribution in [0.3, 0.4) is 0 Å². The number of hydrogen-bond donors (Lipinski definition) is 1. The van der Waals surface area contributed by atoms with E-state index >= 15 is 0 Å². The standard InChI is InChI=1S/C17H21N3O2S/c1-12-13-5-3-4-6-14(13)23-16(12)17(22)20-9-7-19(8-10-20)15(21)11-18-2/h3-6,18H,7-11H2,1-2H3. The molecule has 122 valence electrons. The largest absolute Gasteiger partial charge is 0.338 e. The lowest BCUT2D eigenvalue weighted by Gasteiger charge is -2.34. The molecule has 5 nitrogen and oxygen atoms in total. The first-order valence-corrected chi connectivity index (χ1v) is 8.63. The average molecular weight is 331 g/mol. The summed E-state index contributed by atoms with van der Waals surface area (Å²) >= 11 is 1.56. The molecule has 0 unspecified atom stereocenters. The lowest BCUT2D eigenvalue weighted by molar-refractivity contribution is -0.131. The van der Waals surface area contributed by atoms with Crippen molar-refractivity contribution in [1.82, 2.24) is 15.1 Å². The highest BCUT2D eigenvalue weighted by atomic mass is 32.1. The fourth-order valence-electron chi connectivity index (χ4n) is 2.94. The summed E-state index contributed by atoms with van der Waals surface area (Å²) in [6.45, 7) is 4.78. The van der Waals surface area contributed by atoms with Gasteiger partial charge in [-0.25, -0.2) is 0 Å². The second-order valence-corrected chi connectivity index (χ2v) is 6.81. The van der Waals surface area contributed by atoms with Crippen molar-refractivity contribution >= 4 is 33.2 Å². The Labute approximate surface area is 139 Å². The molecule has 1 N–H and O–H groups in total. The number of likely N-dealkylation sites (N-methyl/N-ethyl adjacent to an activating group) is 1. The fraction of sp³-hybridized carbons (Fsp3) is 0.412. The van der Waals surface area contributed by atoms with Crippen LogP contribution >= 0.6 is 11.3 Å². The molecule has 1 aromatic carbocycles. The Morgan fingerprint density at radius 2 is 1.78 bits per heavy atom. The van der Waals surface area contributed by atoms with Gasteiger partial charge in [0.2, 0.25) is 5.91 Å². The molecule has 0 bridgehead atoms. The number of aryl methyl sites for hydroxylation is 1. The van der Waals surface area contributed by atoms with E-state index in [1.807, 2.05) is 28.9 Å². The number of benzene rings is 1. The summed E-state index contributed by atoms with van der Waals surface area (Å²) in [7, 11) is 1.77. The normalized spacial score (nSPS) is 15.2. The molecule has 2 aromatic rings. The maximum Gasteiger partial charge on any atom is 0.264 e. The van der Waals surface area contributed by atoms with Crippen molar-refractivity contribution in [3.8, 4) is 0 Å². The van der Waals surface area contributed by atoms with Crippen molar-refractivity contribution in [1.29, 1.82) is 0 Å². The van der Waals surface area contributed by atoms with E-state index in [4.69, 9.17) is 0 Å². The Balaban J connectivity index is 1.72. The van der Waals surface area contributed by atoms with Crippen LogP contribution in [0.2, 0.25) is 0 Å². The Hall–Kier alpha value is -1.92. The topological polar surface area (TPSA) is 52.7 Å². The third kappa shape index (κ3) is 3.09. The molecular weight excluding hydrogens is 310 g/mol. The predicted molar refractivity (Wildman–Crippen MR) is 93.0 cm³/mol. The summed E-state index contributed by atoms with van der Waals surface area (Å²) in [6.07, 6.45) is 0. The lowest BCUT2D eigenvalue weighted by atomic mass is 10.1. The summed E-state index contributed by atoms with van der Waals surface area (Å²) in [6, 6.07) is 8.12. The molecule has 1 aliphatic heterocycles. The van der Waals surface area contributed by atoms with E-state index in [1.54, 1.807) is 18.4 Å². The number of hydrogen-bond acceptors (Lipinski definition) is 4. The number of amides is 2. The van der Waals surface area contributed by atoms with E-state index in [2.05, 4.69) is 17.4 Å². The van der Waals surface area contributed by atoms with Gasteiger partial charge in [0.25, 0.3) is 5.91 Å². The van der Waals surface area contributed by atoms with E-state index in [0.29, 0.717) is 32.7 Å². The quantitative estimate of drug-likeness (QED) is 0.932. The maximum atomic E-state index is 12.8. The molecular formula is C17H21N3O2S. The summed E-state index contributed by atoms with van der Waals surface area (Å²) < 4.78 is 1.15. The third-order valence-corrected chi connectivity index (χ3v) is 5.55. The van der Waals surface area contributed by atoms with Crippen LogP contribution in [0.25, 0.3) is 10.1 Å². The molecule has 2 amide bonds. The highest BCUT2D eigenvalue weighted by molar-refractivity contribution is 7.21. The van der Waals surface area contributed by atoms with E-state index in [9.17, 15) is 9.59 Å². The van der Waals surface area contributed by atoms with Crippen LogP contribution < -0.4 is 5.32 Å². The molecule has 3 rings (SSSR count). The number of fused-ring (bicyclic) bond motifs is 1. The Morgan fingerprint density at radius 3 is 2.43 bits per heavy atom. The van der Waals surface area contributed by atoms with Gasteiger partial charge in [-0.15, -0.1) is 11.3 Å². The van der Waals surface area contributed by atoms with Crippen LogP contribution in [0.15, 0.2) is 24.3 Å². The average Bonchev–Trinajstić information content (AvgIpc) is 2.92. The smallest absolute Gasteiger partial charge is 0.264 e. The third-order valence-electron chi connectivity index (χ3n) is 4.29. The van der Waals surface area contributed by atoms with Gasteiger partial charge in [0.15, 0.2) is 0 Å². The molecule has 2 heterocycles. The number of carbonyl (C=O) groups excluding carboxylic acids is 2. The van der Waals surface area contributed by atoms with Gasteiger partial charge in [0.1, 0.15) is 0 Å². The number of nitrogens with zero attached hydrogens (tertiary/aromatic N) is 2. The van der Waals surface area contributed by atoms with E-state index in [0.717, 1.165) is 20.5 Å². The molecule has 0 atom stereocenters. The van der Waals surface area contributed by atoms with Crippen molar-refractivity contribution in [2.24, 2.45) is 0 Å². The van der Waals surface area contributed by atoms with E-state index in [-0.39, 0.29) is 11.8 Å². The molecule has 23 heavy (non-hydrogen) atoms. The molecule has 1 fully saturated rings. The van der Waals surface area contributed by atoms with Crippen LogP contribution in [-0.2, 0) is 4.79 Å². The summed E-state index contributed by atoms with van der Waals surface area (Å²) in [5.74, 6) is 0.182. The first kappa shape index (κ1) is 16.0. The van der Waals surface area contributed by atoms with Gasteiger partial charge in [-0.3, -0.25) is 9.59 Å². The SMILES string of the molecule is CNCC(=O)N1CCN(C(=O)c2sc3ccccc3c2C)CC1. The van der Waals surface area contributed by atoms with Crippen LogP contribution in [-0.4, -0.2) is 61.4 Å². The summed E-state index contributed by atoms with van der Waals surface area (Å²) in [5.41, 5.74) is 1.06. The first-order chi connectivity index (χ1) is 11.1. The zero-order valence-electron chi connectivity index (χ0n) is 13.5. The van der Waals surface area contributed by atoms with Gasteiger partial charge < -0.3 is 15.1 Å². The van der Waals surface area contributed by atoms with Crippen molar-refractivity contribution < 1.29 is 9.59 Å². The van der Waals surface area contributed by atoms with Crippen molar-refractivity contribution in [3.05, 3.63) is 34.7 Å². The Bertz CT molecular complexity index is 733. The van der Waals surface area contributed by atoms with Gasteiger partial charge in [-0.05, 0) is 31.0 Å². The molecule has 0 saturated carbocycles. The number of thiophene rings is 1. The highest BCUT2D eigenvalue weighted by Gasteiger charge is 2.26. The zero-order valence-corrected chi connectivity index (χ0v) is 14.3. The van der Waals surface area contributed by atoms with Crippen LogP contribution in [0.1, 0.15) is 15.2 Å². The van der Waals surface area contributed by atoms with Crippen LogP contribution in [0.5, 0.6) is 0 Å². The minimum atomic E-state index is 0.0874. The zero-order chi connectivity index (χ0) is 16.4. The number of piperazine rings is 1. The van der Waals surface area contributed by atoms with Crippen LogP contribution in [0, 0.1) is 6.92 Å². The molecule has 6 heteroatoms. The summed E-state index contributed by atoms with van der Waals surface area (Å²) in [5, 5.41) is 4.03. The number of carbonyl (C=O) groups is 2. The second kappa shape index (κ2) is 6.68. The molecule has 0 spiro atoms. The molecule has 1 saturated heterocycles. The number of rotatable bonds is 3. The van der Waals surface area contributed by atoms with Gasteiger partial charge in [-0.2, -0.15) is 0 Å². The minimum absolute atomic E-state index is 0.0874. The molecule has 0 aliphatic carbocycles. The van der Waals surface area contributed by atoms with Gasteiger partial charge in [0.05, 0.1) is 11.4 Å². The van der Waals surface area contributed by atoms with Gasteiger partial charge >= 0.3 is 0 Å².